The van der Waals surface area contributed by atoms with Crippen molar-refractivity contribution in [1.29, 1.82) is 0 Å². The Labute approximate surface area is 166 Å². The fourth-order valence-corrected chi connectivity index (χ4v) is 3.62. The van der Waals surface area contributed by atoms with Crippen LogP contribution < -0.4 is 0 Å². The van der Waals surface area contributed by atoms with Gasteiger partial charge in [0.15, 0.2) is 17.0 Å². The minimum Gasteiger partial charge on any atom is -0.469 e. The maximum atomic E-state index is 13.9. The number of esters is 1. The number of fused-ring (bicyclic) bond motifs is 3. The van der Waals surface area contributed by atoms with Gasteiger partial charge in [-0.15, -0.1) is 26.6 Å². The van der Waals surface area contributed by atoms with E-state index in [9.17, 15) is 9.18 Å². The second kappa shape index (κ2) is 6.71. The first kappa shape index (κ1) is 17.4. The lowest BCUT2D eigenvalue weighted by molar-refractivity contribution is -0.139. The van der Waals surface area contributed by atoms with E-state index in [-0.39, 0.29) is 12.2 Å². The van der Waals surface area contributed by atoms with Gasteiger partial charge in [0.1, 0.15) is 11.5 Å². The van der Waals surface area contributed by atoms with Crippen molar-refractivity contribution in [3.63, 3.8) is 0 Å². The molecule has 0 fully saturated rings. The van der Waals surface area contributed by atoms with Crippen LogP contribution in [0.1, 0.15) is 5.69 Å². The van der Waals surface area contributed by atoms with Gasteiger partial charge in [0.2, 0.25) is 0 Å². The second-order valence-electron chi connectivity index (χ2n) is 6.09. The maximum Gasteiger partial charge on any atom is 0.311 e. The number of hydrogen-bond acceptors (Lipinski definition) is 8. The van der Waals surface area contributed by atoms with Crippen molar-refractivity contribution in [2.75, 3.05) is 7.11 Å². The summed E-state index contributed by atoms with van der Waals surface area (Å²) in [5.41, 5.74) is 1.58. The molecule has 0 bridgehead atoms. The molecule has 0 unspecified atom stereocenters. The molecule has 4 heterocycles. The Morgan fingerprint density at radius 2 is 2.10 bits per heavy atom. The Hall–Kier alpha value is -3.73. The average molecular weight is 409 g/mol. The first-order chi connectivity index (χ1) is 14.1. The maximum absolute atomic E-state index is 13.9. The molecule has 9 nitrogen and oxygen atoms in total. The van der Waals surface area contributed by atoms with Crippen LogP contribution in [0.5, 0.6) is 0 Å². The molecule has 0 spiro atoms. The summed E-state index contributed by atoms with van der Waals surface area (Å²) in [6, 6.07) is 9.74. The molecule has 5 aromatic rings. The number of benzene rings is 1. The molecule has 4 aromatic heterocycles. The number of hydrogen-bond donors (Lipinski definition) is 0. The van der Waals surface area contributed by atoms with Crippen LogP contribution in [0.15, 0.2) is 41.8 Å². The molecular weight excluding hydrogens is 397 g/mol. The number of rotatable bonds is 4. The van der Waals surface area contributed by atoms with E-state index in [0.717, 1.165) is 4.88 Å². The summed E-state index contributed by atoms with van der Waals surface area (Å²) in [7, 11) is 1.29. The van der Waals surface area contributed by atoms with Crippen LogP contribution in [0.3, 0.4) is 0 Å². The average Bonchev–Trinajstić information content (AvgIpc) is 3.45. The van der Waals surface area contributed by atoms with E-state index < -0.39 is 11.8 Å². The van der Waals surface area contributed by atoms with E-state index >= 15 is 0 Å². The van der Waals surface area contributed by atoms with Crippen molar-refractivity contribution >= 4 is 34.2 Å². The van der Waals surface area contributed by atoms with Gasteiger partial charge in [-0.3, -0.25) is 4.79 Å². The van der Waals surface area contributed by atoms with E-state index in [4.69, 9.17) is 4.74 Å². The van der Waals surface area contributed by atoms with Crippen molar-refractivity contribution in [3.05, 3.63) is 53.3 Å². The van der Waals surface area contributed by atoms with Gasteiger partial charge in [0, 0.05) is 0 Å². The van der Waals surface area contributed by atoms with E-state index in [1.807, 2.05) is 17.5 Å². The summed E-state index contributed by atoms with van der Waals surface area (Å²) in [4.78, 5) is 17.1. The van der Waals surface area contributed by atoms with Crippen LogP contribution >= 0.6 is 11.3 Å². The molecule has 0 saturated heterocycles. The number of thiophene rings is 1. The lowest BCUT2D eigenvalue weighted by Gasteiger charge is -2.03. The smallest absolute Gasteiger partial charge is 0.311 e. The van der Waals surface area contributed by atoms with Crippen molar-refractivity contribution in [2.45, 2.75) is 6.42 Å². The van der Waals surface area contributed by atoms with Crippen molar-refractivity contribution in [1.82, 2.24) is 34.6 Å². The molecule has 0 saturated carbocycles. The Bertz CT molecular complexity index is 1360. The van der Waals surface area contributed by atoms with Crippen LogP contribution in [-0.2, 0) is 16.0 Å². The van der Waals surface area contributed by atoms with Gasteiger partial charge in [0.05, 0.1) is 24.1 Å². The minimum atomic E-state index is -0.476. The largest absolute Gasteiger partial charge is 0.469 e. The summed E-state index contributed by atoms with van der Waals surface area (Å²) in [5.74, 6) is -0.140. The highest BCUT2D eigenvalue weighted by atomic mass is 32.1. The second-order valence-corrected chi connectivity index (χ2v) is 7.04. The Morgan fingerprint density at radius 3 is 2.86 bits per heavy atom. The number of carbonyl (C=O) groups is 1. The van der Waals surface area contributed by atoms with Crippen LogP contribution in [0.2, 0.25) is 0 Å². The molecule has 0 aliphatic rings. The summed E-state index contributed by atoms with van der Waals surface area (Å²) in [5, 5.41) is 19.3. The molecule has 11 heteroatoms. The van der Waals surface area contributed by atoms with Gasteiger partial charge < -0.3 is 4.74 Å². The normalized spacial score (nSPS) is 11.4. The number of aromatic nitrogens is 7. The molecule has 29 heavy (non-hydrogen) atoms. The van der Waals surface area contributed by atoms with Gasteiger partial charge in [0.25, 0.3) is 5.78 Å². The first-order valence-electron chi connectivity index (χ1n) is 8.52. The Balaban J connectivity index is 1.81. The fourth-order valence-electron chi connectivity index (χ4n) is 2.97. The highest BCUT2D eigenvalue weighted by Gasteiger charge is 2.22. The number of ether oxygens (including phenoxy) is 1. The molecule has 5 rings (SSSR count). The standard InChI is InChI=1S/C18H12FN7O2S/c1-28-14(27)9-12-15-17(25(23-12)11-5-2-4-10(19)8-11)26-18(22-21-15)20-16(24-26)13-6-3-7-29-13/h2-8H,9H2,1H3. The summed E-state index contributed by atoms with van der Waals surface area (Å²) in [6.07, 6.45) is -0.109. The van der Waals surface area contributed by atoms with E-state index in [1.165, 1.54) is 39.8 Å². The minimum absolute atomic E-state index is 0.109. The van der Waals surface area contributed by atoms with Gasteiger partial charge in [-0.25, -0.2) is 9.07 Å². The van der Waals surface area contributed by atoms with Crippen LogP contribution in [0, 0.1) is 5.82 Å². The highest BCUT2D eigenvalue weighted by molar-refractivity contribution is 7.13. The van der Waals surface area contributed by atoms with Crippen molar-refractivity contribution in [3.8, 4) is 16.4 Å². The third kappa shape index (κ3) is 2.91. The lowest BCUT2D eigenvalue weighted by atomic mass is 10.3. The van der Waals surface area contributed by atoms with Crippen molar-refractivity contribution < 1.29 is 13.9 Å². The molecule has 0 aliphatic heterocycles. The van der Waals surface area contributed by atoms with Gasteiger partial charge >= 0.3 is 5.97 Å². The fraction of sp³-hybridized carbons (Fsp3) is 0.111. The predicted octanol–water partition coefficient (Wildman–Crippen LogP) is 2.44. The van der Waals surface area contributed by atoms with Crippen LogP contribution in [-0.4, -0.2) is 47.7 Å². The SMILES string of the molecule is COC(=O)Cc1nn(-c2cccc(F)c2)c2c1nnc1nc(-c3cccs3)nn12. The lowest BCUT2D eigenvalue weighted by Crippen LogP contribution is -2.06. The number of methoxy groups -OCH3 is 1. The molecule has 144 valence electrons. The number of halogens is 1. The predicted molar refractivity (Wildman–Crippen MR) is 102 cm³/mol. The molecular formula is C18H12FN7O2S. The van der Waals surface area contributed by atoms with Gasteiger partial charge in [-0.1, -0.05) is 12.1 Å². The van der Waals surface area contributed by atoms with Crippen LogP contribution in [0.25, 0.3) is 33.3 Å². The number of nitrogens with zero attached hydrogens (tertiary/aromatic N) is 7. The monoisotopic (exact) mass is 409 g/mol. The summed E-state index contributed by atoms with van der Waals surface area (Å²) in [6.45, 7) is 0. The van der Waals surface area contributed by atoms with Crippen LogP contribution in [0.4, 0.5) is 4.39 Å². The third-order valence-electron chi connectivity index (χ3n) is 4.27. The van der Waals surface area contributed by atoms with E-state index in [0.29, 0.717) is 28.4 Å². The van der Waals surface area contributed by atoms with Crippen molar-refractivity contribution in [2.24, 2.45) is 0 Å². The topological polar surface area (TPSA) is 100 Å². The molecule has 0 aliphatic carbocycles. The zero-order valence-corrected chi connectivity index (χ0v) is 15.8. The van der Waals surface area contributed by atoms with E-state index in [1.54, 1.807) is 12.1 Å². The first-order valence-corrected chi connectivity index (χ1v) is 9.39. The highest BCUT2D eigenvalue weighted by Crippen LogP contribution is 2.25. The quantitative estimate of drug-likeness (QED) is 0.420. The van der Waals surface area contributed by atoms with Gasteiger partial charge in [-0.2, -0.15) is 14.6 Å². The molecule has 1 aromatic carbocycles. The Morgan fingerprint density at radius 1 is 1.21 bits per heavy atom. The number of carbonyl (C=O) groups excluding carboxylic acids is 1. The molecule has 0 radical (unpaired) electrons. The zero-order valence-electron chi connectivity index (χ0n) is 15.0. The third-order valence-corrected chi connectivity index (χ3v) is 5.14. The van der Waals surface area contributed by atoms with E-state index in [2.05, 4.69) is 25.4 Å². The zero-order chi connectivity index (χ0) is 20.0. The molecule has 0 amide bonds. The van der Waals surface area contributed by atoms with Gasteiger partial charge in [-0.05, 0) is 29.6 Å². The Kier molecular flexibility index (Phi) is 4.02. The molecule has 0 atom stereocenters. The summed E-state index contributed by atoms with van der Waals surface area (Å²) >= 11 is 1.50. The molecule has 0 N–H and O–H groups in total. The summed E-state index contributed by atoms with van der Waals surface area (Å²) < 4.78 is 21.6.